The van der Waals surface area contributed by atoms with Gasteiger partial charge in [-0.25, -0.2) is 26.3 Å². The largest absolute Gasteiger partial charge is 0.341 e. The molecule has 4 amide bonds. The Balaban J connectivity index is 3.21. The maximum Gasteiger partial charge on any atom is 0.315 e. The van der Waals surface area contributed by atoms with Gasteiger partial charge in [-0.1, -0.05) is 55.4 Å². The standard InChI is InChI=1S/C32H61F2N7O6S/c1-29(2,3)23(17-40(11)48(12,46)47)36-28(45)37-25(30(4,5)6)27(44)41-15-13-14-22(41)26(43)38-32(21-42,16-24(33)34)19-35-18-31(7,8)20-39(9)10/h21-25,35H,13-20H2,1-12H3,(H,38,43)(H2,36,37,45)/t22-,23+,25+,32+/m0/s1. The van der Waals surface area contributed by atoms with E-state index >= 15 is 0 Å². The van der Waals surface area contributed by atoms with Gasteiger partial charge in [0.2, 0.25) is 28.3 Å². The van der Waals surface area contributed by atoms with E-state index in [-0.39, 0.29) is 31.5 Å². The minimum Gasteiger partial charge on any atom is -0.341 e. The smallest absolute Gasteiger partial charge is 0.315 e. The van der Waals surface area contributed by atoms with Crippen LogP contribution in [0.4, 0.5) is 13.6 Å². The van der Waals surface area contributed by atoms with Gasteiger partial charge >= 0.3 is 6.03 Å². The Bertz CT molecular complexity index is 1220. The summed E-state index contributed by atoms with van der Waals surface area (Å²) >= 11 is 0. The average molecular weight is 710 g/mol. The molecule has 16 heteroatoms. The summed E-state index contributed by atoms with van der Waals surface area (Å²) in [6, 6.07) is -3.45. The van der Waals surface area contributed by atoms with Crippen LogP contribution in [0.5, 0.6) is 0 Å². The highest BCUT2D eigenvalue weighted by molar-refractivity contribution is 7.88. The van der Waals surface area contributed by atoms with Crippen molar-refractivity contribution in [3.63, 3.8) is 0 Å². The van der Waals surface area contributed by atoms with Gasteiger partial charge in [0, 0.05) is 52.2 Å². The first-order chi connectivity index (χ1) is 21.6. The van der Waals surface area contributed by atoms with Gasteiger partial charge in [-0.15, -0.1) is 0 Å². The summed E-state index contributed by atoms with van der Waals surface area (Å²) in [6.45, 7) is 15.9. The monoisotopic (exact) mass is 709 g/mol. The lowest BCUT2D eigenvalue weighted by Crippen LogP contribution is -2.63. The normalized spacial score (nSPS) is 18.9. The minimum atomic E-state index is -3.52. The average Bonchev–Trinajstić information content (AvgIpc) is 3.38. The Morgan fingerprint density at radius 1 is 0.958 bits per heavy atom. The van der Waals surface area contributed by atoms with Crippen molar-refractivity contribution in [1.82, 2.24) is 35.4 Å². The van der Waals surface area contributed by atoms with Gasteiger partial charge in [0.05, 0.1) is 6.26 Å². The summed E-state index contributed by atoms with van der Waals surface area (Å²) < 4.78 is 52.7. The third-order valence-electron chi connectivity index (χ3n) is 8.49. The van der Waals surface area contributed by atoms with Crippen LogP contribution in [0.2, 0.25) is 0 Å². The molecule has 1 saturated heterocycles. The molecule has 1 rings (SSSR count). The number of carbonyl (C=O) groups excluding carboxylic acids is 4. The fraction of sp³-hybridized carbons (Fsp3) is 0.875. The molecule has 1 aliphatic rings. The van der Waals surface area contributed by atoms with Gasteiger partial charge in [0.15, 0.2) is 0 Å². The zero-order valence-corrected chi connectivity index (χ0v) is 31.8. The molecule has 0 aromatic heterocycles. The third-order valence-corrected chi connectivity index (χ3v) is 9.77. The van der Waals surface area contributed by atoms with Crippen LogP contribution in [-0.2, 0) is 24.4 Å². The Hall–Kier alpha value is -2.43. The van der Waals surface area contributed by atoms with E-state index in [0.717, 1.165) is 10.6 Å². The fourth-order valence-electron chi connectivity index (χ4n) is 5.80. The Labute approximate surface area is 286 Å². The van der Waals surface area contributed by atoms with Crippen LogP contribution in [0.1, 0.15) is 74.7 Å². The number of likely N-dealkylation sites (tertiary alicyclic amines) is 1. The lowest BCUT2D eigenvalue weighted by Gasteiger charge is -2.38. The summed E-state index contributed by atoms with van der Waals surface area (Å²) in [4.78, 5) is 56.7. The molecule has 0 bridgehead atoms. The van der Waals surface area contributed by atoms with Crippen molar-refractivity contribution in [1.29, 1.82) is 0 Å². The Morgan fingerprint density at radius 3 is 2.00 bits per heavy atom. The SMILES string of the molecule is CN(C)CC(C)(C)CNC[C@@](C=O)(CC(F)F)NC(=O)[C@@H]1CCCN1C(=O)[C@@H](NC(=O)N[C@H](CN(C)S(C)(=O)=O)C(C)(C)C)C(C)(C)C. The van der Waals surface area contributed by atoms with Gasteiger partial charge in [0.25, 0.3) is 0 Å². The van der Waals surface area contributed by atoms with Gasteiger partial charge in [-0.05, 0) is 43.2 Å². The summed E-state index contributed by atoms with van der Waals surface area (Å²) in [6.07, 6.45) is -1.68. The van der Waals surface area contributed by atoms with Crippen molar-refractivity contribution in [2.24, 2.45) is 16.2 Å². The highest BCUT2D eigenvalue weighted by atomic mass is 32.2. The first-order valence-corrected chi connectivity index (χ1v) is 18.2. The van der Waals surface area contributed by atoms with Crippen LogP contribution in [0.15, 0.2) is 0 Å². The number of rotatable bonds is 17. The molecule has 0 radical (unpaired) electrons. The van der Waals surface area contributed by atoms with E-state index in [1.807, 2.05) is 53.6 Å². The quantitative estimate of drug-likeness (QED) is 0.167. The molecule has 4 atom stereocenters. The predicted molar refractivity (Wildman–Crippen MR) is 183 cm³/mol. The number of aldehydes is 1. The number of hydrogen-bond donors (Lipinski definition) is 4. The number of likely N-dealkylation sites (N-methyl/N-ethyl adjacent to an activating group) is 1. The van der Waals surface area contributed by atoms with Crippen LogP contribution in [0.3, 0.4) is 0 Å². The second kappa shape index (κ2) is 17.0. The maximum atomic E-state index is 14.0. The summed E-state index contributed by atoms with van der Waals surface area (Å²) in [5.74, 6) is -1.26. The summed E-state index contributed by atoms with van der Waals surface area (Å²) in [7, 11) is 1.72. The lowest BCUT2D eigenvalue weighted by atomic mass is 9.85. The number of halogens is 2. The summed E-state index contributed by atoms with van der Waals surface area (Å²) in [5.41, 5.74) is -3.51. The van der Waals surface area contributed by atoms with Crippen molar-refractivity contribution in [2.45, 2.75) is 105 Å². The Morgan fingerprint density at radius 2 is 1.54 bits per heavy atom. The molecule has 0 aromatic rings. The zero-order valence-electron chi connectivity index (χ0n) is 31.0. The van der Waals surface area contributed by atoms with Crippen LogP contribution in [0, 0.1) is 16.2 Å². The number of hydrogen-bond acceptors (Lipinski definition) is 8. The van der Waals surface area contributed by atoms with E-state index in [4.69, 9.17) is 0 Å². The molecule has 280 valence electrons. The van der Waals surface area contributed by atoms with Gasteiger partial charge in [-0.3, -0.25) is 9.59 Å². The van der Waals surface area contributed by atoms with Gasteiger partial charge in [0.1, 0.15) is 23.9 Å². The molecule has 4 N–H and O–H groups in total. The molecule has 0 aromatic carbocycles. The molecule has 1 fully saturated rings. The van der Waals surface area contributed by atoms with Crippen LogP contribution in [-0.4, -0.2) is 137 Å². The number of sulfonamides is 1. The predicted octanol–water partition coefficient (Wildman–Crippen LogP) is 1.88. The molecular weight excluding hydrogens is 648 g/mol. The lowest BCUT2D eigenvalue weighted by molar-refractivity contribution is -0.143. The number of urea groups is 1. The van der Waals surface area contributed by atoms with Crippen LogP contribution >= 0.6 is 0 Å². The molecule has 1 heterocycles. The van der Waals surface area contributed by atoms with E-state index in [2.05, 4.69) is 21.3 Å². The molecule has 48 heavy (non-hydrogen) atoms. The molecular formula is C32H61F2N7O6S. The Kier molecular flexibility index (Phi) is 15.4. The number of nitrogens with zero attached hydrogens (tertiary/aromatic N) is 3. The van der Waals surface area contributed by atoms with E-state index < -0.39 is 75.2 Å². The second-order valence-corrected chi connectivity index (χ2v) is 18.5. The molecule has 13 nitrogen and oxygen atoms in total. The number of carbonyl (C=O) groups is 4. The van der Waals surface area contributed by atoms with E-state index in [9.17, 15) is 36.4 Å². The minimum absolute atomic E-state index is 0.00262. The zero-order chi connectivity index (χ0) is 37.5. The highest BCUT2D eigenvalue weighted by Crippen LogP contribution is 2.27. The molecule has 0 unspecified atom stereocenters. The van der Waals surface area contributed by atoms with E-state index in [0.29, 0.717) is 25.8 Å². The number of amides is 4. The molecule has 0 aliphatic carbocycles. The van der Waals surface area contributed by atoms with Crippen molar-refractivity contribution in [3.8, 4) is 0 Å². The first kappa shape index (κ1) is 43.6. The number of alkyl halides is 2. The van der Waals surface area contributed by atoms with E-state index in [1.54, 1.807) is 20.8 Å². The van der Waals surface area contributed by atoms with Crippen molar-refractivity contribution >= 4 is 34.2 Å². The first-order valence-electron chi connectivity index (χ1n) is 16.3. The maximum absolute atomic E-state index is 14.0. The van der Waals surface area contributed by atoms with Crippen molar-refractivity contribution in [3.05, 3.63) is 0 Å². The van der Waals surface area contributed by atoms with Crippen LogP contribution < -0.4 is 21.3 Å². The topological polar surface area (TPSA) is 160 Å². The van der Waals surface area contributed by atoms with Gasteiger partial charge in [-0.2, -0.15) is 0 Å². The number of nitrogens with one attached hydrogen (secondary N) is 4. The van der Waals surface area contributed by atoms with Gasteiger partial charge < -0.3 is 35.9 Å². The molecule has 0 spiro atoms. The molecule has 1 aliphatic heterocycles. The van der Waals surface area contributed by atoms with Crippen LogP contribution in [0.25, 0.3) is 0 Å². The second-order valence-electron chi connectivity index (χ2n) is 16.4. The fourth-order valence-corrected chi connectivity index (χ4v) is 6.22. The van der Waals surface area contributed by atoms with E-state index in [1.165, 1.54) is 11.9 Å². The highest BCUT2D eigenvalue weighted by Gasteiger charge is 2.45. The van der Waals surface area contributed by atoms with Crippen molar-refractivity contribution < 1.29 is 36.4 Å². The summed E-state index contributed by atoms with van der Waals surface area (Å²) in [5, 5.41) is 11.2. The van der Waals surface area contributed by atoms with Crippen molar-refractivity contribution in [2.75, 3.05) is 60.1 Å². The third kappa shape index (κ3) is 13.8. The molecule has 0 saturated carbocycles.